The van der Waals surface area contributed by atoms with Crippen molar-refractivity contribution in [2.75, 3.05) is 44.7 Å². The van der Waals surface area contributed by atoms with Crippen LogP contribution in [0.3, 0.4) is 0 Å². The monoisotopic (exact) mass is 290 g/mol. The van der Waals surface area contributed by atoms with Crippen LogP contribution in [-0.2, 0) is 4.79 Å². The highest BCUT2D eigenvalue weighted by molar-refractivity contribution is 7.13. The minimum absolute atomic E-state index is 0. The number of anilines is 1. The van der Waals surface area contributed by atoms with Crippen LogP contribution in [0.4, 0.5) is 5.13 Å². The number of amides is 1. The summed E-state index contributed by atoms with van der Waals surface area (Å²) in [5, 5.41) is 5.96. The van der Waals surface area contributed by atoms with Crippen molar-refractivity contribution in [3.8, 4) is 0 Å². The number of aromatic nitrogens is 1. The highest BCUT2D eigenvalue weighted by Gasteiger charge is 2.19. The van der Waals surface area contributed by atoms with E-state index in [0.717, 1.165) is 37.7 Å². The molecule has 0 atom stereocenters. The van der Waals surface area contributed by atoms with Crippen LogP contribution in [0.1, 0.15) is 6.42 Å². The Bertz CT molecular complexity index is 360. The number of carbonyl (C=O) groups excluding carboxylic acids is 1. The molecule has 0 saturated carbocycles. The van der Waals surface area contributed by atoms with E-state index in [4.69, 9.17) is 0 Å². The minimum atomic E-state index is 0. The Morgan fingerprint density at radius 3 is 2.94 bits per heavy atom. The molecule has 5 nitrogen and oxygen atoms in total. The van der Waals surface area contributed by atoms with Gasteiger partial charge >= 0.3 is 0 Å². The molecule has 7 heteroatoms. The Hall–Kier alpha value is -0.850. The predicted octanol–water partition coefficient (Wildman–Crippen LogP) is 0.823. The van der Waals surface area contributed by atoms with Gasteiger partial charge in [-0.15, -0.1) is 23.7 Å². The van der Waals surface area contributed by atoms with E-state index in [1.807, 2.05) is 16.5 Å². The highest BCUT2D eigenvalue weighted by atomic mass is 35.5. The molecule has 1 aliphatic rings. The van der Waals surface area contributed by atoms with Crippen molar-refractivity contribution in [3.63, 3.8) is 0 Å². The Kier molecular flexibility index (Phi) is 6.38. The number of likely N-dealkylation sites (N-methyl/N-ethyl adjacent to an activating group) is 1. The Morgan fingerprint density at radius 2 is 2.28 bits per heavy atom. The lowest BCUT2D eigenvalue weighted by molar-refractivity contribution is -0.129. The van der Waals surface area contributed by atoms with E-state index in [1.54, 1.807) is 18.4 Å². The van der Waals surface area contributed by atoms with Crippen LogP contribution in [-0.4, -0.2) is 55.6 Å². The molecule has 0 aromatic carbocycles. The molecule has 102 valence electrons. The summed E-state index contributed by atoms with van der Waals surface area (Å²) in [5.74, 6) is 0.188. The molecule has 18 heavy (non-hydrogen) atoms. The normalized spacial score (nSPS) is 16.1. The molecule has 2 rings (SSSR count). The molecular weight excluding hydrogens is 272 g/mol. The molecule has 1 aromatic heterocycles. The molecule has 1 amide bonds. The first-order chi connectivity index (χ1) is 8.31. The van der Waals surface area contributed by atoms with Gasteiger partial charge in [-0.25, -0.2) is 4.98 Å². The molecule has 0 unspecified atom stereocenters. The molecular formula is C11H19ClN4OS. The third-order valence-electron chi connectivity index (χ3n) is 2.87. The Labute approximate surface area is 118 Å². The van der Waals surface area contributed by atoms with Crippen molar-refractivity contribution >= 4 is 34.8 Å². The number of nitrogens with one attached hydrogen (secondary N) is 1. The van der Waals surface area contributed by atoms with Gasteiger partial charge in [0.15, 0.2) is 5.13 Å². The third-order valence-corrected chi connectivity index (χ3v) is 3.70. The first kappa shape index (κ1) is 15.2. The average molecular weight is 291 g/mol. The fraction of sp³-hybridized carbons (Fsp3) is 0.636. The Balaban J connectivity index is 0.00000162. The number of hydrogen-bond acceptors (Lipinski definition) is 5. The van der Waals surface area contributed by atoms with E-state index in [0.29, 0.717) is 6.54 Å². The van der Waals surface area contributed by atoms with Crippen LogP contribution >= 0.6 is 23.7 Å². The van der Waals surface area contributed by atoms with Crippen LogP contribution in [0.25, 0.3) is 0 Å². The maximum Gasteiger partial charge on any atom is 0.236 e. The maximum absolute atomic E-state index is 11.8. The van der Waals surface area contributed by atoms with E-state index in [-0.39, 0.29) is 18.3 Å². The number of carbonyl (C=O) groups is 1. The van der Waals surface area contributed by atoms with Crippen molar-refractivity contribution in [1.29, 1.82) is 0 Å². The van der Waals surface area contributed by atoms with Crippen LogP contribution in [0, 0.1) is 0 Å². The molecule has 0 bridgehead atoms. The number of thiazole rings is 1. The predicted molar refractivity (Wildman–Crippen MR) is 76.7 cm³/mol. The third kappa shape index (κ3) is 3.83. The Morgan fingerprint density at radius 1 is 1.44 bits per heavy atom. The van der Waals surface area contributed by atoms with Gasteiger partial charge in [-0.2, -0.15) is 0 Å². The van der Waals surface area contributed by atoms with Crippen molar-refractivity contribution in [3.05, 3.63) is 11.6 Å². The van der Waals surface area contributed by atoms with Gasteiger partial charge in [0.05, 0.1) is 6.54 Å². The molecule has 1 aliphatic heterocycles. The summed E-state index contributed by atoms with van der Waals surface area (Å²) in [6.07, 6.45) is 2.84. The SMILES string of the molecule is CNCC(=O)N1CCCN(c2nccs2)CC1.Cl. The average Bonchev–Trinajstić information content (AvgIpc) is 2.74. The van der Waals surface area contributed by atoms with Crippen LogP contribution in [0.15, 0.2) is 11.6 Å². The van der Waals surface area contributed by atoms with E-state index in [1.165, 1.54) is 0 Å². The zero-order valence-electron chi connectivity index (χ0n) is 10.5. The molecule has 0 aliphatic carbocycles. The van der Waals surface area contributed by atoms with E-state index >= 15 is 0 Å². The van der Waals surface area contributed by atoms with Gasteiger partial charge in [0, 0.05) is 37.8 Å². The number of nitrogens with zero attached hydrogens (tertiary/aromatic N) is 3. The van der Waals surface area contributed by atoms with Crippen LogP contribution in [0.2, 0.25) is 0 Å². The zero-order valence-corrected chi connectivity index (χ0v) is 12.1. The smallest absolute Gasteiger partial charge is 0.236 e. The second kappa shape index (κ2) is 7.56. The number of halogens is 1. The molecule has 1 saturated heterocycles. The number of rotatable bonds is 3. The van der Waals surface area contributed by atoms with Crippen molar-refractivity contribution in [2.24, 2.45) is 0 Å². The molecule has 0 radical (unpaired) electrons. The quantitative estimate of drug-likeness (QED) is 0.896. The molecule has 2 heterocycles. The van der Waals surface area contributed by atoms with Crippen molar-refractivity contribution < 1.29 is 4.79 Å². The summed E-state index contributed by atoms with van der Waals surface area (Å²) in [5.41, 5.74) is 0. The van der Waals surface area contributed by atoms with Gasteiger partial charge in [-0.1, -0.05) is 0 Å². The van der Waals surface area contributed by atoms with E-state index in [2.05, 4.69) is 15.2 Å². The lowest BCUT2D eigenvalue weighted by atomic mass is 10.4. The first-order valence-electron chi connectivity index (χ1n) is 5.88. The second-order valence-electron chi connectivity index (χ2n) is 4.07. The summed E-state index contributed by atoms with van der Waals surface area (Å²) in [6, 6.07) is 0. The maximum atomic E-state index is 11.8. The largest absolute Gasteiger partial charge is 0.346 e. The first-order valence-corrected chi connectivity index (χ1v) is 6.76. The number of hydrogen-bond donors (Lipinski definition) is 1. The van der Waals surface area contributed by atoms with Gasteiger partial charge in [0.25, 0.3) is 0 Å². The highest BCUT2D eigenvalue weighted by Crippen LogP contribution is 2.18. The van der Waals surface area contributed by atoms with Crippen LogP contribution < -0.4 is 10.2 Å². The summed E-state index contributed by atoms with van der Waals surface area (Å²) in [7, 11) is 1.80. The van der Waals surface area contributed by atoms with Gasteiger partial charge in [-0.05, 0) is 13.5 Å². The summed E-state index contributed by atoms with van der Waals surface area (Å²) in [6.45, 7) is 3.93. The molecule has 1 fully saturated rings. The van der Waals surface area contributed by atoms with Crippen LogP contribution in [0.5, 0.6) is 0 Å². The van der Waals surface area contributed by atoms with Gasteiger partial charge in [0.1, 0.15) is 0 Å². The van der Waals surface area contributed by atoms with Crippen molar-refractivity contribution in [1.82, 2.24) is 15.2 Å². The summed E-state index contributed by atoms with van der Waals surface area (Å²) < 4.78 is 0. The topological polar surface area (TPSA) is 48.5 Å². The van der Waals surface area contributed by atoms with Gasteiger partial charge < -0.3 is 15.1 Å². The standard InChI is InChI=1S/C11H18N4OS.ClH/c1-12-9-10(16)14-4-2-5-15(7-6-14)11-13-3-8-17-11;/h3,8,12H,2,4-7,9H2,1H3;1H. The van der Waals surface area contributed by atoms with Gasteiger partial charge in [-0.3, -0.25) is 4.79 Å². The summed E-state index contributed by atoms with van der Waals surface area (Å²) >= 11 is 1.66. The molecule has 1 aromatic rings. The molecule has 1 N–H and O–H groups in total. The fourth-order valence-corrected chi connectivity index (χ4v) is 2.69. The lowest BCUT2D eigenvalue weighted by Gasteiger charge is -2.21. The molecule has 0 spiro atoms. The lowest BCUT2D eigenvalue weighted by Crippen LogP contribution is -2.39. The van der Waals surface area contributed by atoms with Crippen molar-refractivity contribution in [2.45, 2.75) is 6.42 Å². The fourth-order valence-electron chi connectivity index (χ4n) is 1.99. The zero-order chi connectivity index (χ0) is 12.1. The minimum Gasteiger partial charge on any atom is -0.346 e. The second-order valence-corrected chi connectivity index (χ2v) is 4.94. The van der Waals surface area contributed by atoms with E-state index < -0.39 is 0 Å². The van der Waals surface area contributed by atoms with E-state index in [9.17, 15) is 4.79 Å². The summed E-state index contributed by atoms with van der Waals surface area (Å²) in [4.78, 5) is 20.3. The van der Waals surface area contributed by atoms with Gasteiger partial charge in [0.2, 0.25) is 5.91 Å².